The molecule has 0 aromatic heterocycles. The minimum absolute atomic E-state index is 0.119. The van der Waals surface area contributed by atoms with Crippen LogP contribution in [0.2, 0.25) is 0 Å². The summed E-state index contributed by atoms with van der Waals surface area (Å²) in [5, 5.41) is 20.6. The predicted octanol–water partition coefficient (Wildman–Crippen LogP) is 2.64. The van der Waals surface area contributed by atoms with Crippen molar-refractivity contribution in [2.24, 2.45) is 11.7 Å². The number of nitrogens with zero attached hydrogens (tertiary/aromatic N) is 3. The van der Waals surface area contributed by atoms with Crippen molar-refractivity contribution in [2.75, 3.05) is 23.6 Å². The molecule has 2 amide bonds. The highest BCUT2D eigenvalue weighted by atomic mass is 32.2. The Bertz CT molecular complexity index is 1580. The first kappa shape index (κ1) is 29.2. The normalized spacial score (nSPS) is 14.4. The zero-order chi connectivity index (χ0) is 29.7. The number of hydrogen-bond acceptors (Lipinski definition) is 7. The Balaban J connectivity index is 1.45. The van der Waals surface area contributed by atoms with Crippen LogP contribution in [0.15, 0.2) is 66.7 Å². The van der Waals surface area contributed by atoms with Gasteiger partial charge in [-0.05, 0) is 60.5 Å². The summed E-state index contributed by atoms with van der Waals surface area (Å²) in [5.74, 6) is -2.83. The number of halogens is 1. The fourth-order valence-corrected chi connectivity index (χ4v) is 6.07. The fourth-order valence-electron chi connectivity index (χ4n) is 4.68. The van der Waals surface area contributed by atoms with E-state index in [9.17, 15) is 22.4 Å². The third-order valence-electron chi connectivity index (χ3n) is 6.72. The summed E-state index contributed by atoms with van der Waals surface area (Å²) >= 11 is 0. The number of benzene rings is 3. The third-order valence-corrected chi connectivity index (χ3v) is 8.18. The molecular weight excluding hydrogens is 547 g/mol. The molecule has 1 atom stereocenters. The van der Waals surface area contributed by atoms with Gasteiger partial charge < -0.3 is 11.1 Å². The largest absolute Gasteiger partial charge is 0.368 e. The number of hydrogen-bond donors (Lipinski definition) is 3. The van der Waals surface area contributed by atoms with E-state index < -0.39 is 33.7 Å². The highest BCUT2D eigenvalue weighted by Gasteiger charge is 2.36. The van der Waals surface area contributed by atoms with Crippen molar-refractivity contribution in [3.05, 3.63) is 100 Å². The van der Waals surface area contributed by atoms with E-state index in [0.717, 1.165) is 23.3 Å². The summed E-state index contributed by atoms with van der Waals surface area (Å²) in [6.07, 6.45) is 0. The Hall–Kier alpha value is -4.78. The maximum Gasteiger partial charge on any atom is 0.252 e. The second-order valence-corrected chi connectivity index (χ2v) is 11.7. The van der Waals surface area contributed by atoms with Gasteiger partial charge in [-0.2, -0.15) is 10.5 Å². The number of nitriles is 2. The number of sulfonamides is 1. The number of primary amides is 1. The van der Waals surface area contributed by atoms with Gasteiger partial charge in [0.05, 0.1) is 40.7 Å². The number of carbonyl (C=O) groups is 2. The van der Waals surface area contributed by atoms with E-state index in [4.69, 9.17) is 16.3 Å². The highest BCUT2D eigenvalue weighted by Crippen LogP contribution is 2.35. The van der Waals surface area contributed by atoms with Crippen LogP contribution in [-0.4, -0.2) is 50.0 Å². The van der Waals surface area contributed by atoms with Crippen LogP contribution in [0, 0.1) is 34.4 Å². The van der Waals surface area contributed by atoms with Crippen LogP contribution in [0.3, 0.4) is 0 Å². The SMILES string of the molecule is CC(NC(=O)c1cc(F)cc(NS(=O)(=O)CC2CN(C(c3ccc(C#N)cc3)c3ccc(C#N)cc3)C2)c1)C(N)=O. The number of nitrogens with two attached hydrogens (primary N) is 1. The van der Waals surface area contributed by atoms with Gasteiger partial charge in [0.15, 0.2) is 0 Å². The van der Waals surface area contributed by atoms with E-state index in [1.807, 2.05) is 24.3 Å². The van der Waals surface area contributed by atoms with Crippen molar-refractivity contribution in [3.63, 3.8) is 0 Å². The van der Waals surface area contributed by atoms with Gasteiger partial charge in [-0.3, -0.25) is 19.2 Å². The molecule has 1 unspecified atom stereocenters. The number of anilines is 1. The van der Waals surface area contributed by atoms with E-state index >= 15 is 0 Å². The number of carbonyl (C=O) groups excluding carboxylic acids is 2. The second-order valence-electron chi connectivity index (χ2n) is 9.90. The molecule has 41 heavy (non-hydrogen) atoms. The summed E-state index contributed by atoms with van der Waals surface area (Å²) in [7, 11) is -3.91. The summed E-state index contributed by atoms with van der Waals surface area (Å²) in [5.41, 5.74) is 7.74. The first-order valence-electron chi connectivity index (χ1n) is 12.6. The Kier molecular flexibility index (Phi) is 8.67. The van der Waals surface area contributed by atoms with Crippen molar-refractivity contribution >= 4 is 27.5 Å². The molecule has 1 saturated heterocycles. The zero-order valence-electron chi connectivity index (χ0n) is 22.0. The minimum Gasteiger partial charge on any atom is -0.368 e. The van der Waals surface area contributed by atoms with Crippen molar-refractivity contribution in [2.45, 2.75) is 19.0 Å². The second kappa shape index (κ2) is 12.2. The lowest BCUT2D eigenvalue weighted by Gasteiger charge is -2.44. The fraction of sp³-hybridized carbons (Fsp3) is 0.241. The van der Waals surface area contributed by atoms with Crippen molar-refractivity contribution < 1.29 is 22.4 Å². The Morgan fingerprint density at radius 1 is 1.00 bits per heavy atom. The van der Waals surface area contributed by atoms with Gasteiger partial charge >= 0.3 is 0 Å². The third kappa shape index (κ3) is 7.25. The molecule has 1 aliphatic heterocycles. The molecule has 1 aliphatic rings. The van der Waals surface area contributed by atoms with Crippen LogP contribution in [0.25, 0.3) is 0 Å². The minimum atomic E-state index is -3.91. The lowest BCUT2D eigenvalue weighted by atomic mass is 9.90. The van der Waals surface area contributed by atoms with Gasteiger partial charge in [0.2, 0.25) is 15.9 Å². The summed E-state index contributed by atoms with van der Waals surface area (Å²) in [4.78, 5) is 25.7. The lowest BCUT2D eigenvalue weighted by molar-refractivity contribution is -0.119. The summed E-state index contributed by atoms with van der Waals surface area (Å²) in [6, 6.07) is 20.4. The molecule has 0 spiro atoms. The molecule has 4 rings (SSSR count). The molecule has 210 valence electrons. The topological polar surface area (TPSA) is 169 Å². The van der Waals surface area contributed by atoms with E-state index in [1.165, 1.54) is 13.0 Å². The molecule has 0 aliphatic carbocycles. The maximum atomic E-state index is 14.2. The smallest absolute Gasteiger partial charge is 0.252 e. The van der Waals surface area contributed by atoms with Crippen LogP contribution in [0.1, 0.15) is 45.6 Å². The monoisotopic (exact) mass is 574 g/mol. The van der Waals surface area contributed by atoms with Crippen LogP contribution < -0.4 is 15.8 Å². The number of likely N-dealkylation sites (tertiary alicyclic amines) is 1. The highest BCUT2D eigenvalue weighted by molar-refractivity contribution is 7.92. The number of nitrogens with one attached hydrogen (secondary N) is 2. The molecule has 10 nitrogen and oxygen atoms in total. The Labute approximate surface area is 237 Å². The van der Waals surface area contributed by atoms with E-state index in [0.29, 0.717) is 24.2 Å². The van der Waals surface area contributed by atoms with Crippen LogP contribution in [0.5, 0.6) is 0 Å². The average Bonchev–Trinajstić information content (AvgIpc) is 2.91. The van der Waals surface area contributed by atoms with Gasteiger partial charge in [-0.25, -0.2) is 12.8 Å². The average molecular weight is 575 g/mol. The molecule has 1 heterocycles. The molecule has 0 radical (unpaired) electrons. The first-order valence-corrected chi connectivity index (χ1v) is 14.3. The Morgan fingerprint density at radius 3 is 2.02 bits per heavy atom. The number of rotatable bonds is 10. The Morgan fingerprint density at radius 2 is 1.54 bits per heavy atom. The van der Waals surface area contributed by atoms with Gasteiger partial charge in [0.1, 0.15) is 11.9 Å². The molecule has 0 bridgehead atoms. The van der Waals surface area contributed by atoms with E-state index in [1.54, 1.807) is 24.3 Å². The zero-order valence-corrected chi connectivity index (χ0v) is 22.9. The standard InChI is InChI=1S/C29H27FN6O4S/c1-18(28(33)37)34-29(38)24-10-25(30)12-26(11-24)35-41(39,40)17-21-15-36(16-21)27(22-6-2-19(13-31)3-7-22)23-8-4-20(14-32)5-9-23/h2-12,18,21,27,35H,15-17H2,1H3,(H2,33,37)(H,34,38). The van der Waals surface area contributed by atoms with Crippen LogP contribution >= 0.6 is 0 Å². The van der Waals surface area contributed by atoms with Crippen LogP contribution in [-0.2, 0) is 14.8 Å². The molecular formula is C29H27FN6O4S. The maximum absolute atomic E-state index is 14.2. The summed E-state index contributed by atoms with van der Waals surface area (Å²) in [6.45, 7) is 2.28. The molecule has 0 saturated carbocycles. The van der Waals surface area contributed by atoms with E-state index in [-0.39, 0.29) is 29.0 Å². The number of amides is 2. The van der Waals surface area contributed by atoms with Crippen molar-refractivity contribution in [1.82, 2.24) is 10.2 Å². The van der Waals surface area contributed by atoms with Crippen molar-refractivity contribution in [3.8, 4) is 12.1 Å². The van der Waals surface area contributed by atoms with Gasteiger partial charge in [0, 0.05) is 24.6 Å². The summed E-state index contributed by atoms with van der Waals surface area (Å²) < 4.78 is 42.4. The van der Waals surface area contributed by atoms with Gasteiger partial charge in [0.25, 0.3) is 5.91 Å². The predicted molar refractivity (Wildman–Crippen MR) is 149 cm³/mol. The first-order chi connectivity index (χ1) is 19.5. The van der Waals surface area contributed by atoms with E-state index in [2.05, 4.69) is 27.1 Å². The van der Waals surface area contributed by atoms with Gasteiger partial charge in [-0.1, -0.05) is 24.3 Å². The van der Waals surface area contributed by atoms with Crippen LogP contribution in [0.4, 0.5) is 10.1 Å². The molecule has 3 aromatic rings. The van der Waals surface area contributed by atoms with Crippen molar-refractivity contribution in [1.29, 1.82) is 10.5 Å². The van der Waals surface area contributed by atoms with Gasteiger partial charge in [-0.15, -0.1) is 0 Å². The molecule has 1 fully saturated rings. The lowest BCUT2D eigenvalue weighted by Crippen LogP contribution is -2.51. The molecule has 3 aromatic carbocycles. The quantitative estimate of drug-likeness (QED) is 0.334. The molecule has 4 N–H and O–H groups in total. The molecule has 12 heteroatoms.